The lowest BCUT2D eigenvalue weighted by Gasteiger charge is -2.43. The molecule has 1 aromatic carbocycles. The van der Waals surface area contributed by atoms with Crippen LogP contribution < -0.4 is 10.2 Å². The lowest BCUT2D eigenvalue weighted by molar-refractivity contribution is -0.117. The number of hydrogen-bond acceptors (Lipinski definition) is 4. The third-order valence-electron chi connectivity index (χ3n) is 5.66. The van der Waals surface area contributed by atoms with Crippen LogP contribution in [0.2, 0.25) is 0 Å². The summed E-state index contributed by atoms with van der Waals surface area (Å²) < 4.78 is 1.88. The number of anilines is 1. The highest BCUT2D eigenvalue weighted by Gasteiger charge is 2.38. The average molecular weight is 414 g/mol. The van der Waals surface area contributed by atoms with Crippen molar-refractivity contribution in [3.05, 3.63) is 36.2 Å². The maximum Gasteiger partial charge on any atom is 0.408 e. The molecule has 2 heterocycles. The molecule has 3 rings (SSSR count). The first-order chi connectivity index (χ1) is 14.2. The van der Waals surface area contributed by atoms with Crippen LogP contribution in [0.5, 0.6) is 0 Å². The molecule has 0 aliphatic carbocycles. The number of nitrogens with one attached hydrogen (secondary N) is 1. The Kier molecular flexibility index (Phi) is 6.45. The van der Waals surface area contributed by atoms with Gasteiger partial charge in [0, 0.05) is 43.0 Å². The van der Waals surface area contributed by atoms with E-state index in [2.05, 4.69) is 10.4 Å². The number of amides is 2. The summed E-state index contributed by atoms with van der Waals surface area (Å²) in [5, 5.41) is 17.4. The van der Waals surface area contributed by atoms with Crippen LogP contribution in [0.25, 0.3) is 11.1 Å². The third-order valence-corrected chi connectivity index (χ3v) is 5.66. The fourth-order valence-electron chi connectivity index (χ4n) is 4.33. The molecule has 8 nitrogen and oxygen atoms in total. The standard InChI is InChI=1S/C22H31N5O3/c1-14(2)26(22(29)30)21-10-15(3)27(16(4)28)20-7-6-17(11-19(20)21)18-12-24-25(13-18)9-8-23-5/h6-7,11-15,21,23H,8-10H2,1-5H3,(H,29,30)/t15-,21+/m0/s1. The first-order valence-electron chi connectivity index (χ1n) is 10.4. The van der Waals surface area contributed by atoms with Gasteiger partial charge in [0.25, 0.3) is 0 Å². The van der Waals surface area contributed by atoms with Crippen LogP contribution in [-0.2, 0) is 11.3 Å². The van der Waals surface area contributed by atoms with E-state index in [4.69, 9.17) is 0 Å². The highest BCUT2D eigenvalue weighted by Crippen LogP contribution is 2.43. The number of aromatic nitrogens is 2. The van der Waals surface area contributed by atoms with E-state index in [1.54, 1.807) is 11.8 Å². The summed E-state index contributed by atoms with van der Waals surface area (Å²) in [5.74, 6) is -0.0405. The Bertz CT molecular complexity index is 923. The van der Waals surface area contributed by atoms with Gasteiger partial charge in [-0.05, 0) is 57.5 Å². The van der Waals surface area contributed by atoms with Gasteiger partial charge in [0.15, 0.2) is 0 Å². The van der Waals surface area contributed by atoms with Crippen molar-refractivity contribution >= 4 is 17.7 Å². The minimum absolute atomic E-state index is 0.0405. The molecule has 30 heavy (non-hydrogen) atoms. The van der Waals surface area contributed by atoms with E-state index in [1.165, 1.54) is 4.90 Å². The molecule has 0 spiro atoms. The van der Waals surface area contributed by atoms with E-state index < -0.39 is 6.09 Å². The van der Waals surface area contributed by atoms with E-state index in [1.807, 2.05) is 63.1 Å². The SMILES string of the molecule is CNCCn1cc(-c2ccc3c(c2)[C@H](N(C(=O)O)C(C)C)C[C@H](C)N3C(C)=O)cn1. The number of carbonyl (C=O) groups excluding carboxylic acids is 1. The molecule has 0 fully saturated rings. The number of hydrogen-bond donors (Lipinski definition) is 2. The van der Waals surface area contributed by atoms with Crippen LogP contribution in [0, 0.1) is 0 Å². The summed E-state index contributed by atoms with van der Waals surface area (Å²) in [6, 6.07) is 5.34. The Labute approximate surface area is 177 Å². The van der Waals surface area contributed by atoms with Crippen molar-refractivity contribution in [3.8, 4) is 11.1 Å². The molecule has 1 aliphatic heterocycles. The smallest absolute Gasteiger partial charge is 0.408 e. The molecule has 0 saturated heterocycles. The van der Waals surface area contributed by atoms with E-state index in [0.29, 0.717) is 6.42 Å². The van der Waals surface area contributed by atoms with Crippen LogP contribution in [0.3, 0.4) is 0 Å². The molecular weight excluding hydrogens is 382 g/mol. The van der Waals surface area contributed by atoms with Gasteiger partial charge >= 0.3 is 6.09 Å². The average Bonchev–Trinajstić information content (AvgIpc) is 3.14. The van der Waals surface area contributed by atoms with Gasteiger partial charge in [-0.15, -0.1) is 0 Å². The van der Waals surface area contributed by atoms with Gasteiger partial charge in [-0.2, -0.15) is 5.10 Å². The molecule has 8 heteroatoms. The number of carboxylic acid groups (broad SMARTS) is 1. The molecule has 2 N–H and O–H groups in total. The summed E-state index contributed by atoms with van der Waals surface area (Å²) >= 11 is 0. The van der Waals surface area contributed by atoms with Gasteiger partial charge in [0.1, 0.15) is 0 Å². The van der Waals surface area contributed by atoms with Gasteiger partial charge in [0.05, 0.1) is 18.8 Å². The zero-order chi connectivity index (χ0) is 22.0. The Morgan fingerprint density at radius 1 is 1.33 bits per heavy atom. The van der Waals surface area contributed by atoms with Crippen LogP contribution >= 0.6 is 0 Å². The molecule has 0 unspecified atom stereocenters. The van der Waals surface area contributed by atoms with Gasteiger partial charge in [0.2, 0.25) is 5.91 Å². The van der Waals surface area contributed by atoms with Gasteiger partial charge in [-0.1, -0.05) is 6.07 Å². The van der Waals surface area contributed by atoms with Crippen molar-refractivity contribution in [2.75, 3.05) is 18.5 Å². The van der Waals surface area contributed by atoms with Gasteiger partial charge in [-0.25, -0.2) is 4.79 Å². The lowest BCUT2D eigenvalue weighted by atomic mass is 9.88. The molecule has 0 radical (unpaired) electrons. The zero-order valence-corrected chi connectivity index (χ0v) is 18.3. The molecule has 2 aromatic rings. The molecule has 1 aliphatic rings. The topological polar surface area (TPSA) is 90.7 Å². The predicted octanol–water partition coefficient (Wildman–Crippen LogP) is 3.34. The van der Waals surface area contributed by atoms with Gasteiger partial charge < -0.3 is 15.3 Å². The number of nitrogens with zero attached hydrogens (tertiary/aromatic N) is 4. The van der Waals surface area contributed by atoms with Crippen molar-refractivity contribution in [3.63, 3.8) is 0 Å². The van der Waals surface area contributed by atoms with E-state index in [0.717, 1.165) is 35.5 Å². The van der Waals surface area contributed by atoms with E-state index >= 15 is 0 Å². The third kappa shape index (κ3) is 4.18. The van der Waals surface area contributed by atoms with Crippen LogP contribution in [-0.4, -0.2) is 57.5 Å². The normalized spacial score (nSPS) is 18.4. The number of likely N-dealkylation sites (N-methyl/N-ethyl adjacent to an activating group) is 1. The second kappa shape index (κ2) is 8.87. The Hall–Kier alpha value is -2.87. The molecule has 2 amide bonds. The highest BCUT2D eigenvalue weighted by molar-refractivity contribution is 5.94. The zero-order valence-electron chi connectivity index (χ0n) is 18.3. The fourth-order valence-corrected chi connectivity index (χ4v) is 4.33. The van der Waals surface area contributed by atoms with Crippen LogP contribution in [0.15, 0.2) is 30.6 Å². The van der Waals surface area contributed by atoms with Crippen molar-refractivity contribution in [2.45, 2.75) is 58.8 Å². The van der Waals surface area contributed by atoms with Crippen molar-refractivity contribution in [2.24, 2.45) is 0 Å². The molecule has 1 aromatic heterocycles. The number of carbonyl (C=O) groups is 2. The van der Waals surface area contributed by atoms with E-state index in [9.17, 15) is 14.7 Å². The Balaban J connectivity index is 2.08. The summed E-state index contributed by atoms with van der Waals surface area (Å²) in [5.41, 5.74) is 3.57. The van der Waals surface area contributed by atoms with Crippen LogP contribution in [0.1, 0.15) is 45.7 Å². The maximum absolute atomic E-state index is 12.4. The van der Waals surface area contributed by atoms with Crippen molar-refractivity contribution in [1.29, 1.82) is 0 Å². The second-order valence-electron chi connectivity index (χ2n) is 8.14. The fraction of sp³-hybridized carbons (Fsp3) is 0.500. The molecule has 0 saturated carbocycles. The minimum Gasteiger partial charge on any atom is -0.465 e. The van der Waals surface area contributed by atoms with Crippen molar-refractivity contribution < 1.29 is 14.7 Å². The minimum atomic E-state index is -0.949. The lowest BCUT2D eigenvalue weighted by Crippen LogP contribution is -2.48. The number of rotatable bonds is 6. The summed E-state index contributed by atoms with van der Waals surface area (Å²) in [6.45, 7) is 8.87. The highest BCUT2D eigenvalue weighted by atomic mass is 16.4. The van der Waals surface area contributed by atoms with Gasteiger partial charge in [-0.3, -0.25) is 14.4 Å². The summed E-state index contributed by atoms with van der Waals surface area (Å²) in [7, 11) is 1.90. The first-order valence-corrected chi connectivity index (χ1v) is 10.4. The van der Waals surface area contributed by atoms with E-state index in [-0.39, 0.29) is 24.0 Å². The van der Waals surface area contributed by atoms with Crippen molar-refractivity contribution in [1.82, 2.24) is 20.0 Å². The first kappa shape index (κ1) is 21.8. The largest absolute Gasteiger partial charge is 0.465 e. The Morgan fingerprint density at radius 3 is 2.67 bits per heavy atom. The number of benzene rings is 1. The van der Waals surface area contributed by atoms with Crippen LogP contribution in [0.4, 0.5) is 10.5 Å². The second-order valence-corrected chi connectivity index (χ2v) is 8.14. The molecular formula is C22H31N5O3. The summed E-state index contributed by atoms with van der Waals surface area (Å²) in [4.78, 5) is 27.7. The molecule has 0 bridgehead atoms. The molecule has 162 valence electrons. The Morgan fingerprint density at radius 2 is 2.07 bits per heavy atom. The summed E-state index contributed by atoms with van der Waals surface area (Å²) in [6.07, 6.45) is 3.41. The maximum atomic E-state index is 12.4. The predicted molar refractivity (Wildman–Crippen MR) is 117 cm³/mol. The monoisotopic (exact) mass is 413 g/mol. The number of fused-ring (bicyclic) bond motifs is 1. The quantitative estimate of drug-likeness (QED) is 0.758. The molecule has 2 atom stereocenters.